The van der Waals surface area contributed by atoms with Crippen molar-refractivity contribution in [2.45, 2.75) is 45.1 Å². The van der Waals surface area contributed by atoms with Gasteiger partial charge in [0.15, 0.2) is 5.75 Å². The normalized spacial score (nSPS) is 12.5. The second-order valence-corrected chi connectivity index (χ2v) is 15.4. The van der Waals surface area contributed by atoms with Crippen LogP contribution in [-0.4, -0.2) is 51.8 Å². The van der Waals surface area contributed by atoms with Crippen LogP contribution in [0, 0.1) is 0 Å². The summed E-state index contributed by atoms with van der Waals surface area (Å²) in [7, 11) is 1.90. The van der Waals surface area contributed by atoms with E-state index in [1.54, 1.807) is 12.1 Å². The first-order chi connectivity index (χ1) is 23.2. The molecule has 1 unspecified atom stereocenters. The summed E-state index contributed by atoms with van der Waals surface area (Å²) < 4.78 is 32.5. The third kappa shape index (κ3) is 8.95. The molecule has 1 aromatic heterocycles. The van der Waals surface area contributed by atoms with E-state index in [9.17, 15) is 13.2 Å². The van der Waals surface area contributed by atoms with Crippen molar-refractivity contribution in [1.29, 1.82) is 0 Å². The SMILES string of the molecule is COc1c(NC(=O)Nc2ccc(C(Cc3ccccc3)c3ccnc(CN(C)C)c3)c3ccccc23)cc(C(C)(C)C)cc1NS(C)(=O)=O. The number of carbonyl (C=O) groups excluding carboxylic acids is 1. The number of urea groups is 1. The van der Waals surface area contributed by atoms with Gasteiger partial charge in [-0.1, -0.05) is 81.4 Å². The van der Waals surface area contributed by atoms with Gasteiger partial charge in [0.05, 0.1) is 36.1 Å². The molecule has 9 nitrogen and oxygen atoms in total. The Morgan fingerprint density at radius 3 is 2.16 bits per heavy atom. The Labute approximate surface area is 289 Å². The molecule has 1 atom stereocenters. The van der Waals surface area contributed by atoms with Crippen LogP contribution in [0.25, 0.3) is 10.8 Å². The number of anilines is 3. The maximum atomic E-state index is 13.6. The van der Waals surface area contributed by atoms with Crippen molar-refractivity contribution < 1.29 is 17.9 Å². The molecule has 0 aliphatic heterocycles. The van der Waals surface area contributed by atoms with Gasteiger partial charge in [0.2, 0.25) is 10.0 Å². The molecule has 256 valence electrons. The fourth-order valence-electron chi connectivity index (χ4n) is 6.04. The third-order valence-corrected chi connectivity index (χ3v) is 8.88. The summed E-state index contributed by atoms with van der Waals surface area (Å²) in [5.41, 5.74) is 6.24. The van der Waals surface area contributed by atoms with Crippen LogP contribution in [-0.2, 0) is 28.4 Å². The summed E-state index contributed by atoms with van der Waals surface area (Å²) in [5.74, 6) is 0.243. The Bertz CT molecular complexity index is 2060. The van der Waals surface area contributed by atoms with E-state index < -0.39 is 16.1 Å². The number of nitrogens with one attached hydrogen (secondary N) is 3. The van der Waals surface area contributed by atoms with Crippen LogP contribution in [0.5, 0.6) is 5.75 Å². The van der Waals surface area contributed by atoms with Crippen LogP contribution in [0.2, 0.25) is 0 Å². The summed E-state index contributed by atoms with van der Waals surface area (Å²) in [6.45, 7) is 6.77. The summed E-state index contributed by atoms with van der Waals surface area (Å²) in [4.78, 5) is 20.4. The molecular weight excluding hydrogens is 635 g/mol. The highest BCUT2D eigenvalue weighted by Gasteiger charge is 2.23. The molecule has 5 aromatic rings. The number of hydrogen-bond donors (Lipinski definition) is 3. The number of fused-ring (bicyclic) bond motifs is 1. The minimum Gasteiger partial charge on any atom is -0.492 e. The van der Waals surface area contributed by atoms with E-state index in [-0.39, 0.29) is 22.8 Å². The number of carbonyl (C=O) groups is 1. The molecule has 10 heteroatoms. The van der Waals surface area contributed by atoms with Crippen molar-refractivity contribution in [3.05, 3.63) is 125 Å². The molecule has 2 amide bonds. The van der Waals surface area contributed by atoms with Crippen LogP contribution < -0.4 is 20.1 Å². The predicted molar refractivity (Wildman–Crippen MR) is 200 cm³/mol. The van der Waals surface area contributed by atoms with E-state index in [0.29, 0.717) is 11.4 Å². The fraction of sp³-hybridized carbons (Fsp3) is 0.282. The topological polar surface area (TPSA) is 113 Å². The number of amides is 2. The largest absolute Gasteiger partial charge is 0.492 e. The molecule has 49 heavy (non-hydrogen) atoms. The molecule has 0 fully saturated rings. The molecule has 0 bridgehead atoms. The first-order valence-electron chi connectivity index (χ1n) is 16.2. The number of aromatic nitrogens is 1. The van der Waals surface area contributed by atoms with Crippen molar-refractivity contribution in [2.75, 3.05) is 42.8 Å². The molecule has 0 spiro atoms. The molecular formula is C39H45N5O4S. The van der Waals surface area contributed by atoms with Gasteiger partial charge in [-0.05, 0) is 83.9 Å². The van der Waals surface area contributed by atoms with Crippen LogP contribution >= 0.6 is 0 Å². The Morgan fingerprint density at radius 1 is 0.857 bits per heavy atom. The Balaban J connectivity index is 1.53. The van der Waals surface area contributed by atoms with Gasteiger partial charge in [-0.2, -0.15) is 0 Å². The van der Waals surface area contributed by atoms with Crippen LogP contribution in [0.4, 0.5) is 21.9 Å². The van der Waals surface area contributed by atoms with Gasteiger partial charge in [0, 0.05) is 24.0 Å². The Hall–Kier alpha value is -4.93. The molecule has 4 aromatic carbocycles. The lowest BCUT2D eigenvalue weighted by molar-refractivity contribution is 0.262. The van der Waals surface area contributed by atoms with Gasteiger partial charge in [0.25, 0.3) is 0 Å². The van der Waals surface area contributed by atoms with Crippen LogP contribution in [0.1, 0.15) is 54.6 Å². The van der Waals surface area contributed by atoms with Gasteiger partial charge < -0.3 is 20.3 Å². The van der Waals surface area contributed by atoms with Crippen LogP contribution in [0.3, 0.4) is 0 Å². The fourth-order valence-corrected chi connectivity index (χ4v) is 6.59. The first-order valence-corrected chi connectivity index (χ1v) is 18.0. The quantitative estimate of drug-likeness (QED) is 0.131. The lowest BCUT2D eigenvalue weighted by Crippen LogP contribution is -2.22. The summed E-state index contributed by atoms with van der Waals surface area (Å²) in [6, 6.07) is 29.9. The highest BCUT2D eigenvalue weighted by molar-refractivity contribution is 7.92. The van der Waals surface area contributed by atoms with Gasteiger partial charge >= 0.3 is 6.03 Å². The highest BCUT2D eigenvalue weighted by Crippen LogP contribution is 2.40. The molecule has 1 heterocycles. The Kier molecular flexibility index (Phi) is 10.6. The van der Waals surface area contributed by atoms with Crippen LogP contribution in [0.15, 0.2) is 97.2 Å². The highest BCUT2D eigenvalue weighted by atomic mass is 32.2. The number of rotatable bonds is 11. The number of pyridine rings is 1. The third-order valence-electron chi connectivity index (χ3n) is 8.29. The van der Waals surface area contributed by atoms with Gasteiger partial charge in [-0.3, -0.25) is 9.71 Å². The van der Waals surface area contributed by atoms with Gasteiger partial charge in [0.1, 0.15) is 0 Å². The lowest BCUT2D eigenvalue weighted by Gasteiger charge is -2.24. The Morgan fingerprint density at radius 2 is 1.51 bits per heavy atom. The van der Waals surface area contributed by atoms with Crippen molar-refractivity contribution in [1.82, 2.24) is 9.88 Å². The average Bonchev–Trinajstić information content (AvgIpc) is 3.03. The van der Waals surface area contributed by atoms with E-state index in [1.165, 1.54) is 18.2 Å². The van der Waals surface area contributed by atoms with Crippen molar-refractivity contribution in [3.8, 4) is 5.75 Å². The number of methoxy groups -OCH3 is 1. The van der Waals surface area contributed by atoms with Gasteiger partial charge in [-0.25, -0.2) is 13.2 Å². The predicted octanol–water partition coefficient (Wildman–Crippen LogP) is 7.99. The molecule has 0 aliphatic carbocycles. The number of ether oxygens (including phenoxy) is 1. The van der Waals surface area contributed by atoms with Gasteiger partial charge in [-0.15, -0.1) is 0 Å². The maximum absolute atomic E-state index is 13.6. The summed E-state index contributed by atoms with van der Waals surface area (Å²) in [5, 5.41) is 7.87. The first kappa shape index (κ1) is 35.4. The van der Waals surface area contributed by atoms with Crippen molar-refractivity contribution in [3.63, 3.8) is 0 Å². The number of nitrogens with zero attached hydrogens (tertiary/aromatic N) is 2. The molecule has 0 saturated carbocycles. The van der Waals surface area contributed by atoms with E-state index in [2.05, 4.69) is 73.8 Å². The summed E-state index contributed by atoms with van der Waals surface area (Å²) in [6.07, 6.45) is 3.75. The zero-order valence-corrected chi connectivity index (χ0v) is 30.0. The van der Waals surface area contributed by atoms with Crippen molar-refractivity contribution in [2.24, 2.45) is 0 Å². The zero-order chi connectivity index (χ0) is 35.3. The smallest absolute Gasteiger partial charge is 0.323 e. The minimum absolute atomic E-state index is 0.0317. The lowest BCUT2D eigenvalue weighted by atomic mass is 9.83. The second kappa shape index (κ2) is 14.7. The average molecular weight is 680 g/mol. The minimum atomic E-state index is -3.61. The summed E-state index contributed by atoms with van der Waals surface area (Å²) >= 11 is 0. The van der Waals surface area contributed by atoms with E-state index in [1.807, 2.05) is 71.4 Å². The molecule has 0 aliphatic rings. The van der Waals surface area contributed by atoms with Crippen molar-refractivity contribution >= 4 is 43.9 Å². The van der Waals surface area contributed by atoms with E-state index >= 15 is 0 Å². The molecule has 0 radical (unpaired) electrons. The number of benzene rings is 4. The number of sulfonamides is 1. The second-order valence-electron chi connectivity index (χ2n) is 13.6. The molecule has 5 rings (SSSR count). The van der Waals surface area contributed by atoms with E-state index in [0.717, 1.165) is 46.8 Å². The number of hydrogen-bond acceptors (Lipinski definition) is 6. The standard InChI is InChI=1S/C39H45N5O4S/c1-39(2,3)28-23-35(37(48-6)36(24-28)43-49(7,46)47)42-38(45)41-34-18-17-31(30-15-11-12-16-32(30)34)33(21-26-13-9-8-10-14-26)27-19-20-40-29(22-27)25-44(4)5/h8-20,22-24,33,43H,21,25H2,1-7H3,(H2,41,42,45). The maximum Gasteiger partial charge on any atom is 0.323 e. The zero-order valence-electron chi connectivity index (χ0n) is 29.2. The molecule has 3 N–H and O–H groups in total. The molecule has 0 saturated heterocycles. The van der Waals surface area contributed by atoms with E-state index in [4.69, 9.17) is 4.74 Å². The monoisotopic (exact) mass is 679 g/mol.